The summed E-state index contributed by atoms with van der Waals surface area (Å²) in [5.74, 6) is -0.477. The molecule has 0 radical (unpaired) electrons. The summed E-state index contributed by atoms with van der Waals surface area (Å²) >= 11 is 0. The Hall–Kier alpha value is -1.79. The Morgan fingerprint density at radius 3 is 2.19 bits per heavy atom. The smallest absolute Gasteiger partial charge is 0.410 e. The van der Waals surface area contributed by atoms with Crippen LogP contribution in [-0.2, 0) is 19.1 Å². The highest BCUT2D eigenvalue weighted by atomic mass is 16.6. The van der Waals surface area contributed by atoms with E-state index in [-0.39, 0.29) is 31.2 Å². The molecule has 0 aromatic rings. The van der Waals surface area contributed by atoms with E-state index in [9.17, 15) is 14.4 Å². The third kappa shape index (κ3) is 7.77. The van der Waals surface area contributed by atoms with Crippen molar-refractivity contribution >= 4 is 18.0 Å². The molecule has 156 valence electrons. The monoisotopic (exact) mass is 384 g/mol. The lowest BCUT2D eigenvalue weighted by molar-refractivity contribution is -0.154. The van der Waals surface area contributed by atoms with Crippen LogP contribution >= 0.6 is 0 Å². The van der Waals surface area contributed by atoms with Crippen LogP contribution in [0.4, 0.5) is 4.79 Å². The quantitative estimate of drug-likeness (QED) is 0.696. The predicted molar refractivity (Wildman–Crippen MR) is 103 cm³/mol. The maximum atomic E-state index is 12.9. The Kier molecular flexibility index (Phi) is 8.11. The first-order chi connectivity index (χ1) is 12.3. The fourth-order valence-corrected chi connectivity index (χ4v) is 3.04. The molecule has 0 aliphatic carbocycles. The molecule has 0 saturated carbocycles. The fraction of sp³-hybridized carbons (Fsp3) is 0.850. The maximum absolute atomic E-state index is 12.9. The van der Waals surface area contributed by atoms with Gasteiger partial charge in [0.1, 0.15) is 12.1 Å². The molecule has 0 aromatic heterocycles. The SMILES string of the molecule is CCOC(=O)CN(C(=O)C(C)(C)C)C1CCCN(C(=O)OC(C)(C)C)CC1. The number of rotatable bonds is 4. The molecule has 1 rings (SSSR count). The van der Waals surface area contributed by atoms with E-state index in [1.54, 1.807) is 16.7 Å². The van der Waals surface area contributed by atoms with Gasteiger partial charge in [-0.05, 0) is 47.0 Å². The number of hydrogen-bond donors (Lipinski definition) is 0. The molecule has 1 saturated heterocycles. The van der Waals surface area contributed by atoms with Crippen LogP contribution in [0.2, 0.25) is 0 Å². The average molecular weight is 385 g/mol. The molecule has 7 heteroatoms. The summed E-state index contributed by atoms with van der Waals surface area (Å²) in [6.45, 7) is 14.1. The van der Waals surface area contributed by atoms with Gasteiger partial charge in [-0.25, -0.2) is 4.79 Å². The topological polar surface area (TPSA) is 76.2 Å². The van der Waals surface area contributed by atoms with Crippen LogP contribution in [0.5, 0.6) is 0 Å². The van der Waals surface area contributed by atoms with E-state index in [1.165, 1.54) is 0 Å². The largest absolute Gasteiger partial charge is 0.465 e. The van der Waals surface area contributed by atoms with Crippen LogP contribution in [-0.4, -0.2) is 65.7 Å². The zero-order chi connectivity index (χ0) is 20.8. The Morgan fingerprint density at radius 1 is 1.04 bits per heavy atom. The van der Waals surface area contributed by atoms with Crippen LogP contribution in [0.3, 0.4) is 0 Å². The number of carbonyl (C=O) groups is 3. The van der Waals surface area contributed by atoms with Gasteiger partial charge in [-0.15, -0.1) is 0 Å². The van der Waals surface area contributed by atoms with Crippen LogP contribution in [0, 0.1) is 5.41 Å². The minimum absolute atomic E-state index is 0.0545. The van der Waals surface area contributed by atoms with Crippen LogP contribution in [0.15, 0.2) is 0 Å². The summed E-state index contributed by atoms with van der Waals surface area (Å²) in [5, 5.41) is 0. The average Bonchev–Trinajstić information content (AvgIpc) is 2.75. The van der Waals surface area contributed by atoms with Gasteiger partial charge in [0.05, 0.1) is 6.61 Å². The van der Waals surface area contributed by atoms with E-state index < -0.39 is 17.0 Å². The second-order valence-electron chi connectivity index (χ2n) is 9.04. The van der Waals surface area contributed by atoms with Gasteiger partial charge in [-0.3, -0.25) is 9.59 Å². The molecule has 0 N–H and O–H groups in total. The van der Waals surface area contributed by atoms with Crippen molar-refractivity contribution in [1.29, 1.82) is 0 Å². The second kappa shape index (κ2) is 9.42. The molecule has 27 heavy (non-hydrogen) atoms. The highest BCUT2D eigenvalue weighted by molar-refractivity contribution is 5.85. The Labute approximate surface area is 163 Å². The molecule has 2 amide bonds. The van der Waals surface area contributed by atoms with Gasteiger partial charge < -0.3 is 19.3 Å². The number of ether oxygens (including phenoxy) is 2. The molecule has 1 atom stereocenters. The number of likely N-dealkylation sites (tertiary alicyclic amines) is 1. The van der Waals surface area contributed by atoms with Crippen molar-refractivity contribution in [1.82, 2.24) is 9.80 Å². The first kappa shape index (κ1) is 23.2. The van der Waals surface area contributed by atoms with Crippen molar-refractivity contribution in [3.63, 3.8) is 0 Å². The number of esters is 1. The lowest BCUT2D eigenvalue weighted by Crippen LogP contribution is -2.49. The van der Waals surface area contributed by atoms with Crippen molar-refractivity contribution in [2.75, 3.05) is 26.2 Å². The van der Waals surface area contributed by atoms with Crippen molar-refractivity contribution in [2.24, 2.45) is 5.41 Å². The number of carbonyl (C=O) groups excluding carboxylic acids is 3. The maximum Gasteiger partial charge on any atom is 0.410 e. The minimum atomic E-state index is -0.594. The predicted octanol–water partition coefficient (Wildman–Crippen LogP) is 3.21. The molecule has 7 nitrogen and oxygen atoms in total. The summed E-state index contributed by atoms with van der Waals surface area (Å²) < 4.78 is 10.5. The third-order valence-electron chi connectivity index (χ3n) is 4.30. The van der Waals surface area contributed by atoms with E-state index >= 15 is 0 Å². The molecule has 1 fully saturated rings. The van der Waals surface area contributed by atoms with Crippen LogP contribution in [0.1, 0.15) is 67.7 Å². The van der Waals surface area contributed by atoms with Gasteiger partial charge >= 0.3 is 12.1 Å². The summed E-state index contributed by atoms with van der Waals surface area (Å²) in [5.41, 5.74) is -1.13. The Morgan fingerprint density at radius 2 is 1.67 bits per heavy atom. The molecule has 1 aliphatic rings. The van der Waals surface area contributed by atoms with Crippen molar-refractivity contribution in [2.45, 2.75) is 79.4 Å². The first-order valence-corrected chi connectivity index (χ1v) is 9.79. The number of nitrogens with zero attached hydrogens (tertiary/aromatic N) is 2. The van der Waals surface area contributed by atoms with Crippen molar-refractivity contribution in [3.05, 3.63) is 0 Å². The molecule has 0 bridgehead atoms. The van der Waals surface area contributed by atoms with E-state index in [0.717, 1.165) is 12.8 Å². The zero-order valence-corrected chi connectivity index (χ0v) is 18.0. The molecule has 1 unspecified atom stereocenters. The van der Waals surface area contributed by atoms with Gasteiger partial charge in [-0.2, -0.15) is 0 Å². The highest BCUT2D eigenvalue weighted by Crippen LogP contribution is 2.25. The Bertz CT molecular complexity index is 533. The number of amides is 2. The van der Waals surface area contributed by atoms with Gasteiger partial charge in [-0.1, -0.05) is 20.8 Å². The van der Waals surface area contributed by atoms with Crippen molar-refractivity contribution in [3.8, 4) is 0 Å². The third-order valence-corrected chi connectivity index (χ3v) is 4.30. The second-order valence-corrected chi connectivity index (χ2v) is 9.04. The lowest BCUT2D eigenvalue weighted by atomic mass is 9.93. The lowest BCUT2D eigenvalue weighted by Gasteiger charge is -2.35. The van der Waals surface area contributed by atoms with Gasteiger partial charge in [0.25, 0.3) is 0 Å². The molecule has 1 heterocycles. The Balaban J connectivity index is 2.86. The van der Waals surface area contributed by atoms with E-state index in [0.29, 0.717) is 19.5 Å². The molecular weight excluding hydrogens is 348 g/mol. The van der Waals surface area contributed by atoms with E-state index in [2.05, 4.69) is 0 Å². The molecule has 0 spiro atoms. The summed E-state index contributed by atoms with van der Waals surface area (Å²) in [7, 11) is 0. The normalized spacial score (nSPS) is 18.5. The standard InChI is InChI=1S/C20H36N2O5/c1-8-26-16(23)14-22(17(24)19(2,3)4)15-10-9-12-21(13-11-15)18(25)27-20(5,6)7/h15H,8-14H2,1-7H3. The highest BCUT2D eigenvalue weighted by Gasteiger charge is 2.35. The van der Waals surface area contributed by atoms with Gasteiger partial charge in [0.15, 0.2) is 0 Å². The van der Waals surface area contributed by atoms with E-state index in [1.807, 2.05) is 41.5 Å². The summed E-state index contributed by atoms with van der Waals surface area (Å²) in [4.78, 5) is 40.6. The van der Waals surface area contributed by atoms with Gasteiger partial charge in [0, 0.05) is 24.5 Å². The minimum Gasteiger partial charge on any atom is -0.465 e. The zero-order valence-electron chi connectivity index (χ0n) is 18.0. The summed E-state index contributed by atoms with van der Waals surface area (Å²) in [6.07, 6.45) is 1.77. The van der Waals surface area contributed by atoms with Gasteiger partial charge in [0.2, 0.25) is 5.91 Å². The molecule has 1 aliphatic heterocycles. The van der Waals surface area contributed by atoms with Crippen LogP contribution < -0.4 is 0 Å². The number of hydrogen-bond acceptors (Lipinski definition) is 5. The van der Waals surface area contributed by atoms with E-state index in [4.69, 9.17) is 9.47 Å². The summed E-state index contributed by atoms with van der Waals surface area (Å²) in [6, 6.07) is -0.103. The van der Waals surface area contributed by atoms with Crippen molar-refractivity contribution < 1.29 is 23.9 Å². The van der Waals surface area contributed by atoms with Crippen LogP contribution in [0.25, 0.3) is 0 Å². The fourth-order valence-electron chi connectivity index (χ4n) is 3.04. The first-order valence-electron chi connectivity index (χ1n) is 9.79. The molecular formula is C20H36N2O5. The molecule has 0 aromatic carbocycles.